The summed E-state index contributed by atoms with van der Waals surface area (Å²) in [6, 6.07) is 6.94. The number of nitrogens with zero attached hydrogens (tertiary/aromatic N) is 5. The molecule has 4 aromatic rings. The van der Waals surface area contributed by atoms with Crippen molar-refractivity contribution in [2.24, 2.45) is 5.73 Å². The summed E-state index contributed by atoms with van der Waals surface area (Å²) in [6.07, 6.45) is -2.75. The molecule has 1 aliphatic rings. The highest BCUT2D eigenvalue weighted by Gasteiger charge is 2.46. The average molecular weight is 504 g/mol. The van der Waals surface area contributed by atoms with Crippen molar-refractivity contribution in [3.8, 4) is 17.3 Å². The predicted molar refractivity (Wildman–Crippen MR) is 124 cm³/mol. The van der Waals surface area contributed by atoms with Crippen molar-refractivity contribution in [3.63, 3.8) is 0 Å². The number of benzene rings is 1. The second-order valence-corrected chi connectivity index (χ2v) is 8.72. The Kier molecular flexibility index (Phi) is 6.49. The van der Waals surface area contributed by atoms with Crippen LogP contribution in [0.15, 0.2) is 42.6 Å². The van der Waals surface area contributed by atoms with E-state index in [4.69, 9.17) is 15.2 Å². The first-order valence-electron chi connectivity index (χ1n) is 11.4. The molecule has 0 bridgehead atoms. The van der Waals surface area contributed by atoms with E-state index in [1.54, 1.807) is 25.3 Å². The number of rotatable bonds is 7. The van der Waals surface area contributed by atoms with Crippen molar-refractivity contribution < 1.29 is 27.0 Å². The van der Waals surface area contributed by atoms with Gasteiger partial charge in [-0.25, -0.2) is 9.37 Å². The molecular formula is C24H24F4N6O2. The van der Waals surface area contributed by atoms with Crippen molar-refractivity contribution in [2.45, 2.75) is 24.7 Å². The molecule has 190 valence electrons. The number of halogens is 4. The van der Waals surface area contributed by atoms with Crippen LogP contribution in [0.25, 0.3) is 28.1 Å². The third-order valence-electron chi connectivity index (χ3n) is 6.18. The van der Waals surface area contributed by atoms with E-state index >= 15 is 4.39 Å². The maximum atomic E-state index is 15.1. The molecule has 4 heterocycles. The first-order chi connectivity index (χ1) is 17.2. The van der Waals surface area contributed by atoms with Gasteiger partial charge in [0.15, 0.2) is 17.3 Å². The molecule has 0 amide bonds. The third kappa shape index (κ3) is 4.71. The summed E-state index contributed by atoms with van der Waals surface area (Å²) in [7, 11) is 1.56. The Bertz CT molecular complexity index is 1390. The Balaban J connectivity index is 1.56. The zero-order valence-corrected chi connectivity index (χ0v) is 19.4. The summed E-state index contributed by atoms with van der Waals surface area (Å²) >= 11 is 0. The van der Waals surface area contributed by atoms with Crippen LogP contribution in [-0.4, -0.2) is 70.1 Å². The molecule has 5 rings (SSSR count). The van der Waals surface area contributed by atoms with Gasteiger partial charge in [0.05, 0.1) is 12.1 Å². The van der Waals surface area contributed by atoms with Gasteiger partial charge in [-0.1, -0.05) is 6.07 Å². The molecule has 2 atom stereocenters. The lowest BCUT2D eigenvalue weighted by Gasteiger charge is -2.30. The number of ether oxygens (including phenoxy) is 2. The van der Waals surface area contributed by atoms with E-state index in [0.29, 0.717) is 36.3 Å². The van der Waals surface area contributed by atoms with Crippen LogP contribution in [0.4, 0.5) is 17.6 Å². The fourth-order valence-electron chi connectivity index (χ4n) is 4.50. The largest absolute Gasteiger partial charge is 0.491 e. The lowest BCUT2D eigenvalue weighted by atomic mass is 10.1. The highest BCUT2D eigenvalue weighted by atomic mass is 19.4. The SMILES string of the molecule is COCCOc1ccc2cc(F)c(-c3nnc4ccc([C@@H](N5CCC(N)C5)C(F)(F)F)cn34)nc2c1. The van der Waals surface area contributed by atoms with E-state index in [2.05, 4.69) is 15.2 Å². The number of hydrogen-bond acceptors (Lipinski definition) is 7. The standard InChI is InChI=1S/C24H24F4N6O2/c1-35-8-9-36-17-4-2-14-10-18(25)21(30-19(14)11-17)23-32-31-20-5-3-15(12-34(20)23)22(24(26,27)28)33-7-6-16(29)13-33/h2-5,10-12,16,22H,6-9,13,29H2,1H3/t16?,22-/m1/s1. The highest BCUT2D eigenvalue weighted by molar-refractivity contribution is 5.82. The van der Waals surface area contributed by atoms with Gasteiger partial charge in [0, 0.05) is 43.9 Å². The minimum Gasteiger partial charge on any atom is -0.491 e. The number of methoxy groups -OCH3 is 1. The van der Waals surface area contributed by atoms with E-state index in [0.717, 1.165) is 0 Å². The summed E-state index contributed by atoms with van der Waals surface area (Å²) in [4.78, 5) is 5.72. The van der Waals surface area contributed by atoms with Gasteiger partial charge in [0.2, 0.25) is 0 Å². The van der Waals surface area contributed by atoms with Gasteiger partial charge in [0.1, 0.15) is 24.1 Å². The zero-order chi connectivity index (χ0) is 25.4. The second kappa shape index (κ2) is 9.60. The summed E-state index contributed by atoms with van der Waals surface area (Å²) in [5.41, 5.74) is 6.43. The topological polar surface area (TPSA) is 90.8 Å². The van der Waals surface area contributed by atoms with Gasteiger partial charge in [-0.2, -0.15) is 13.2 Å². The van der Waals surface area contributed by atoms with Crippen LogP contribution < -0.4 is 10.5 Å². The van der Waals surface area contributed by atoms with Crippen LogP contribution in [0.2, 0.25) is 0 Å². The van der Waals surface area contributed by atoms with Crippen LogP contribution in [0.5, 0.6) is 5.75 Å². The molecule has 0 saturated carbocycles. The highest BCUT2D eigenvalue weighted by Crippen LogP contribution is 2.39. The molecule has 1 aliphatic heterocycles. The van der Waals surface area contributed by atoms with E-state index < -0.39 is 18.0 Å². The molecule has 36 heavy (non-hydrogen) atoms. The number of likely N-dealkylation sites (tertiary alicyclic amines) is 1. The van der Waals surface area contributed by atoms with Crippen LogP contribution >= 0.6 is 0 Å². The normalized spacial score (nSPS) is 17.8. The monoisotopic (exact) mass is 504 g/mol. The first kappa shape index (κ1) is 24.3. The molecule has 0 spiro atoms. The van der Waals surface area contributed by atoms with Gasteiger partial charge in [-0.15, -0.1) is 10.2 Å². The molecule has 0 radical (unpaired) electrons. The Morgan fingerprint density at radius 3 is 2.69 bits per heavy atom. The van der Waals surface area contributed by atoms with Gasteiger partial charge >= 0.3 is 6.18 Å². The lowest BCUT2D eigenvalue weighted by molar-refractivity contribution is -0.183. The van der Waals surface area contributed by atoms with E-state index in [9.17, 15) is 13.2 Å². The molecule has 2 N–H and O–H groups in total. The minimum atomic E-state index is -4.53. The summed E-state index contributed by atoms with van der Waals surface area (Å²) < 4.78 is 69.3. The lowest BCUT2D eigenvalue weighted by Crippen LogP contribution is -2.38. The fraction of sp³-hybridized carbons (Fsp3) is 0.375. The molecule has 1 unspecified atom stereocenters. The predicted octanol–water partition coefficient (Wildman–Crippen LogP) is 3.75. The van der Waals surface area contributed by atoms with Crippen molar-refractivity contribution in [2.75, 3.05) is 33.4 Å². The Hall–Kier alpha value is -3.35. The summed E-state index contributed by atoms with van der Waals surface area (Å²) in [6.45, 7) is 1.09. The molecule has 0 aliphatic carbocycles. The number of fused-ring (bicyclic) bond motifs is 2. The van der Waals surface area contributed by atoms with Crippen molar-refractivity contribution in [1.82, 2.24) is 24.5 Å². The number of aromatic nitrogens is 4. The van der Waals surface area contributed by atoms with Crippen LogP contribution in [-0.2, 0) is 4.74 Å². The molecule has 1 aromatic carbocycles. The Morgan fingerprint density at radius 2 is 1.97 bits per heavy atom. The smallest absolute Gasteiger partial charge is 0.408 e. The first-order valence-corrected chi connectivity index (χ1v) is 11.4. The zero-order valence-electron chi connectivity index (χ0n) is 19.4. The molecule has 1 saturated heterocycles. The molecule has 8 nitrogen and oxygen atoms in total. The van der Waals surface area contributed by atoms with Gasteiger partial charge in [-0.05, 0) is 36.2 Å². The summed E-state index contributed by atoms with van der Waals surface area (Å²) in [5.74, 6) is -0.154. The average Bonchev–Trinajstić information content (AvgIpc) is 3.44. The van der Waals surface area contributed by atoms with Crippen molar-refractivity contribution in [1.29, 1.82) is 0 Å². The maximum Gasteiger partial charge on any atom is 0.408 e. The minimum absolute atomic E-state index is 0.00370. The summed E-state index contributed by atoms with van der Waals surface area (Å²) in [5, 5.41) is 8.58. The molecular weight excluding hydrogens is 480 g/mol. The van der Waals surface area contributed by atoms with Crippen LogP contribution in [0.1, 0.15) is 18.0 Å². The van der Waals surface area contributed by atoms with E-state index in [1.807, 2.05) is 0 Å². The number of nitrogens with two attached hydrogens (primary N) is 1. The quantitative estimate of drug-likeness (QED) is 0.303. The molecule has 3 aromatic heterocycles. The molecule has 12 heteroatoms. The number of hydrogen-bond donors (Lipinski definition) is 1. The number of pyridine rings is 2. The molecule has 1 fully saturated rings. The van der Waals surface area contributed by atoms with Crippen LogP contribution in [0, 0.1) is 5.82 Å². The Morgan fingerprint density at radius 1 is 1.14 bits per heavy atom. The van der Waals surface area contributed by atoms with Gasteiger partial charge in [-0.3, -0.25) is 9.30 Å². The van der Waals surface area contributed by atoms with Gasteiger partial charge in [0.25, 0.3) is 0 Å². The van der Waals surface area contributed by atoms with Crippen molar-refractivity contribution in [3.05, 3.63) is 54.0 Å². The van der Waals surface area contributed by atoms with Crippen LogP contribution in [0.3, 0.4) is 0 Å². The van der Waals surface area contributed by atoms with Gasteiger partial charge < -0.3 is 15.2 Å². The second-order valence-electron chi connectivity index (χ2n) is 8.72. The van der Waals surface area contributed by atoms with E-state index in [-0.39, 0.29) is 41.9 Å². The van der Waals surface area contributed by atoms with E-state index in [1.165, 1.54) is 33.7 Å². The fourth-order valence-corrected chi connectivity index (χ4v) is 4.50. The maximum absolute atomic E-state index is 15.1. The third-order valence-corrected chi connectivity index (χ3v) is 6.18. The Labute approximate surface area is 203 Å². The van der Waals surface area contributed by atoms with Crippen molar-refractivity contribution >= 4 is 16.6 Å². The number of alkyl halides is 3.